The number of rotatable bonds is 5. The maximum Gasteiger partial charge on any atom is 0.271 e. The lowest BCUT2D eigenvalue weighted by atomic mass is 10.0. The van der Waals surface area contributed by atoms with Gasteiger partial charge in [0.25, 0.3) is 5.91 Å². The number of hydrogen-bond donors (Lipinski definition) is 0. The Morgan fingerprint density at radius 3 is 2.55 bits per heavy atom. The second-order valence-electron chi connectivity index (χ2n) is 7.92. The van der Waals surface area contributed by atoms with Gasteiger partial charge in [0.15, 0.2) is 0 Å². The number of amides is 1. The number of aromatic nitrogens is 1. The van der Waals surface area contributed by atoms with Gasteiger partial charge in [-0.15, -0.1) is 11.3 Å². The van der Waals surface area contributed by atoms with Crippen LogP contribution in [0.1, 0.15) is 31.8 Å². The van der Waals surface area contributed by atoms with Crippen LogP contribution in [0, 0.1) is 6.92 Å². The van der Waals surface area contributed by atoms with E-state index in [9.17, 15) is 4.79 Å². The Bertz CT molecular complexity index is 1020. The highest BCUT2D eigenvalue weighted by Crippen LogP contribution is 2.35. The fourth-order valence-corrected chi connectivity index (χ4v) is 5.56. The van der Waals surface area contributed by atoms with Gasteiger partial charge in [0, 0.05) is 42.1 Å². The monoisotopic (exact) mass is 407 g/mol. The molecule has 150 valence electrons. The average molecular weight is 408 g/mol. The minimum Gasteiger partial charge on any atom is -0.497 e. The lowest BCUT2D eigenvalue weighted by Gasteiger charge is -2.38. The summed E-state index contributed by atoms with van der Waals surface area (Å²) in [5, 5.41) is 0. The first-order valence-electron chi connectivity index (χ1n) is 10.0. The van der Waals surface area contributed by atoms with E-state index in [-0.39, 0.29) is 11.9 Å². The molecule has 1 aromatic carbocycles. The summed E-state index contributed by atoms with van der Waals surface area (Å²) in [5.41, 5.74) is 1.93. The van der Waals surface area contributed by atoms with Crippen LogP contribution < -0.4 is 4.74 Å². The molecule has 3 aromatic rings. The molecule has 1 fully saturated rings. The van der Waals surface area contributed by atoms with Gasteiger partial charge >= 0.3 is 0 Å². The average Bonchev–Trinajstić information content (AvgIpc) is 3.45. The molecule has 0 unspecified atom stereocenters. The van der Waals surface area contributed by atoms with E-state index in [2.05, 4.69) is 51.8 Å². The fourth-order valence-electron chi connectivity index (χ4n) is 4.62. The predicted octanol–water partition coefficient (Wildman–Crippen LogP) is 3.95. The zero-order valence-corrected chi connectivity index (χ0v) is 17.6. The topological polar surface area (TPSA) is 37.7 Å². The van der Waals surface area contributed by atoms with Gasteiger partial charge < -0.3 is 14.2 Å². The number of fused-ring (bicyclic) bond motifs is 3. The van der Waals surface area contributed by atoms with Gasteiger partial charge in [-0.2, -0.15) is 0 Å². The van der Waals surface area contributed by atoms with Crippen LogP contribution in [-0.4, -0.2) is 46.5 Å². The molecular weight excluding hydrogens is 382 g/mol. The molecule has 5 nitrogen and oxygen atoms in total. The molecule has 2 atom stereocenters. The number of nitrogens with zero attached hydrogens (tertiary/aromatic N) is 3. The maximum atomic E-state index is 13.3. The van der Waals surface area contributed by atoms with Crippen LogP contribution in [-0.2, 0) is 13.1 Å². The summed E-state index contributed by atoms with van der Waals surface area (Å²) in [5.74, 6) is 0.963. The zero-order chi connectivity index (χ0) is 20.0. The number of benzene rings is 1. The minimum absolute atomic E-state index is 0.126. The number of thiophene rings is 1. The van der Waals surface area contributed by atoms with Crippen molar-refractivity contribution in [3.63, 3.8) is 0 Å². The predicted molar refractivity (Wildman–Crippen MR) is 114 cm³/mol. The van der Waals surface area contributed by atoms with Gasteiger partial charge in [-0.05, 0) is 48.9 Å². The first-order chi connectivity index (χ1) is 14.1. The third-order valence-electron chi connectivity index (χ3n) is 6.04. The molecule has 1 saturated heterocycles. The number of likely N-dealkylation sites (tertiary alicyclic amines) is 1. The smallest absolute Gasteiger partial charge is 0.271 e. The largest absolute Gasteiger partial charge is 0.497 e. The van der Waals surface area contributed by atoms with Crippen molar-refractivity contribution in [2.75, 3.05) is 20.2 Å². The second-order valence-corrected chi connectivity index (χ2v) is 9.30. The van der Waals surface area contributed by atoms with Gasteiger partial charge in [-0.25, -0.2) is 0 Å². The van der Waals surface area contributed by atoms with Crippen molar-refractivity contribution in [1.29, 1.82) is 0 Å². The minimum atomic E-state index is 0.126. The van der Waals surface area contributed by atoms with Crippen molar-refractivity contribution in [2.24, 2.45) is 0 Å². The first kappa shape index (κ1) is 18.5. The highest BCUT2D eigenvalue weighted by molar-refractivity contribution is 7.11. The van der Waals surface area contributed by atoms with Crippen molar-refractivity contribution in [2.45, 2.75) is 32.1 Å². The molecule has 2 aliphatic heterocycles. The summed E-state index contributed by atoms with van der Waals surface area (Å²) in [4.78, 5) is 20.6. The van der Waals surface area contributed by atoms with Crippen molar-refractivity contribution in [3.8, 4) is 5.75 Å². The van der Waals surface area contributed by atoms with Gasteiger partial charge in [0.2, 0.25) is 0 Å². The maximum absolute atomic E-state index is 13.3. The normalized spacial score (nSPS) is 21.3. The molecule has 1 amide bonds. The molecule has 4 heterocycles. The fraction of sp³-hybridized carbons (Fsp3) is 0.348. The number of hydrogen-bond acceptors (Lipinski definition) is 4. The van der Waals surface area contributed by atoms with Gasteiger partial charge in [0.05, 0.1) is 19.2 Å². The molecule has 2 aromatic heterocycles. The van der Waals surface area contributed by atoms with Crippen molar-refractivity contribution in [1.82, 2.24) is 14.4 Å². The van der Waals surface area contributed by atoms with E-state index < -0.39 is 0 Å². The summed E-state index contributed by atoms with van der Waals surface area (Å²) in [7, 11) is 1.67. The van der Waals surface area contributed by atoms with Crippen molar-refractivity contribution >= 4 is 17.2 Å². The summed E-state index contributed by atoms with van der Waals surface area (Å²) in [6.07, 6.45) is 2.06. The number of aryl methyl sites for hydroxylation is 1. The van der Waals surface area contributed by atoms with Gasteiger partial charge in [0.1, 0.15) is 11.4 Å². The van der Waals surface area contributed by atoms with Crippen LogP contribution in [0.5, 0.6) is 5.75 Å². The number of ether oxygens (including phenoxy) is 1. The van der Waals surface area contributed by atoms with E-state index in [4.69, 9.17) is 4.74 Å². The zero-order valence-electron chi connectivity index (χ0n) is 16.7. The van der Waals surface area contributed by atoms with Gasteiger partial charge in [-0.3, -0.25) is 9.69 Å². The van der Waals surface area contributed by atoms with E-state index in [1.807, 2.05) is 35.6 Å². The van der Waals surface area contributed by atoms with Crippen LogP contribution in [0.25, 0.3) is 0 Å². The number of methoxy groups -OCH3 is 1. The van der Waals surface area contributed by atoms with E-state index in [0.29, 0.717) is 12.6 Å². The molecule has 0 radical (unpaired) electrons. The lowest BCUT2D eigenvalue weighted by molar-refractivity contribution is 0.0556. The van der Waals surface area contributed by atoms with Gasteiger partial charge in [-0.1, -0.05) is 12.1 Å². The van der Waals surface area contributed by atoms with E-state index in [1.165, 1.54) is 9.75 Å². The molecule has 0 aliphatic carbocycles. The highest BCUT2D eigenvalue weighted by Gasteiger charge is 2.44. The van der Waals surface area contributed by atoms with Crippen LogP contribution in [0.15, 0.2) is 54.7 Å². The SMILES string of the molecule is COc1ccc(CN2C(=O)c3cccn3[C@H]3CN(Cc4ccc(C)s4)C[C@@H]32)cc1. The lowest BCUT2D eigenvalue weighted by Crippen LogP contribution is -2.49. The van der Waals surface area contributed by atoms with Crippen molar-refractivity contribution < 1.29 is 9.53 Å². The molecule has 29 heavy (non-hydrogen) atoms. The molecule has 5 rings (SSSR count). The third-order valence-corrected chi connectivity index (χ3v) is 7.02. The van der Waals surface area contributed by atoms with Crippen molar-refractivity contribution in [3.05, 3.63) is 75.7 Å². The Labute approximate surface area is 175 Å². The molecule has 0 bridgehead atoms. The Morgan fingerprint density at radius 1 is 1.03 bits per heavy atom. The summed E-state index contributed by atoms with van der Waals surface area (Å²) >= 11 is 1.86. The summed E-state index contributed by atoms with van der Waals surface area (Å²) in [6.45, 7) is 5.60. The Balaban J connectivity index is 1.41. The first-order valence-corrected chi connectivity index (χ1v) is 10.8. The van der Waals surface area contributed by atoms with Crippen LogP contribution in [0.2, 0.25) is 0 Å². The number of carbonyl (C=O) groups is 1. The molecular formula is C23H25N3O2S. The summed E-state index contributed by atoms with van der Waals surface area (Å²) in [6, 6.07) is 16.9. The number of carbonyl (C=O) groups excluding carboxylic acids is 1. The van der Waals surface area contributed by atoms with Crippen LogP contribution in [0.3, 0.4) is 0 Å². The Kier molecular flexibility index (Phi) is 4.68. The Hall–Kier alpha value is -2.57. The van der Waals surface area contributed by atoms with E-state index in [1.54, 1.807) is 7.11 Å². The quantitative estimate of drug-likeness (QED) is 0.643. The Morgan fingerprint density at radius 2 is 1.83 bits per heavy atom. The van der Waals surface area contributed by atoms with Crippen LogP contribution >= 0.6 is 11.3 Å². The highest BCUT2D eigenvalue weighted by atomic mass is 32.1. The molecule has 2 aliphatic rings. The molecule has 0 saturated carbocycles. The van der Waals surface area contributed by atoms with Crippen LogP contribution in [0.4, 0.5) is 0 Å². The molecule has 0 spiro atoms. The molecule has 0 N–H and O–H groups in total. The van der Waals surface area contributed by atoms with E-state index >= 15 is 0 Å². The standard InChI is InChI=1S/C23H25N3O2S/c1-16-5-10-19(29-16)13-24-14-21-22(15-24)26(23(27)20-4-3-11-25(20)21)12-17-6-8-18(28-2)9-7-17/h3-11,21-22H,12-15H2,1-2H3/t21-,22-/m0/s1. The van der Waals surface area contributed by atoms with E-state index in [0.717, 1.165) is 36.6 Å². The second kappa shape index (κ2) is 7.35. The summed E-state index contributed by atoms with van der Waals surface area (Å²) < 4.78 is 7.46. The third kappa shape index (κ3) is 3.36. The molecule has 6 heteroatoms.